The third-order valence-electron chi connectivity index (χ3n) is 7.15. The zero-order valence-corrected chi connectivity index (χ0v) is 25.0. The highest BCUT2D eigenvalue weighted by molar-refractivity contribution is 7.70. The van der Waals surface area contributed by atoms with Gasteiger partial charge in [-0.05, 0) is 12.0 Å². The summed E-state index contributed by atoms with van der Waals surface area (Å²) in [5.41, 5.74) is 0.416. The minimum Gasteiger partial charge on any atom is -0.390 e. The van der Waals surface area contributed by atoms with Gasteiger partial charge in [-0.15, -0.1) is 5.10 Å². The van der Waals surface area contributed by atoms with Crippen LogP contribution in [0.1, 0.15) is 24.9 Å². The van der Waals surface area contributed by atoms with Crippen LogP contribution in [0.2, 0.25) is 0 Å². The molecule has 2 heterocycles. The Hall–Kier alpha value is -3.01. The van der Waals surface area contributed by atoms with Crippen molar-refractivity contribution in [3.8, 4) is 11.3 Å². The molecule has 4 unspecified atom stereocenters. The first kappa shape index (κ1) is 32.9. The second kappa shape index (κ2) is 12.9. The summed E-state index contributed by atoms with van der Waals surface area (Å²) in [6.07, 6.45) is 0.0198. The molecule has 0 saturated heterocycles. The monoisotopic (exact) mass is 646 g/mol. The molecule has 5 atom stereocenters. The van der Waals surface area contributed by atoms with Crippen LogP contribution < -0.4 is 11.2 Å². The lowest BCUT2D eigenvalue weighted by atomic mass is 9.87. The van der Waals surface area contributed by atoms with Crippen molar-refractivity contribution in [2.24, 2.45) is 17.6 Å². The molecule has 0 amide bonds. The Balaban J connectivity index is 1.42. The maximum atomic E-state index is 13.1. The van der Waals surface area contributed by atoms with Gasteiger partial charge in [0.05, 0.1) is 31.5 Å². The lowest BCUT2D eigenvalue weighted by molar-refractivity contribution is -0.0379. The van der Waals surface area contributed by atoms with Crippen LogP contribution in [0.4, 0.5) is 4.39 Å². The van der Waals surface area contributed by atoms with E-state index < -0.39 is 63.7 Å². The molecule has 1 aromatic carbocycles. The molecular formula is C24H33FN6O10P2. The van der Waals surface area contributed by atoms with E-state index in [-0.39, 0.29) is 25.1 Å². The van der Waals surface area contributed by atoms with E-state index in [1.54, 1.807) is 30.5 Å². The quantitative estimate of drug-likeness (QED) is 0.134. The van der Waals surface area contributed by atoms with E-state index in [2.05, 4.69) is 15.5 Å². The first-order valence-electron chi connectivity index (χ1n) is 13.0. The van der Waals surface area contributed by atoms with Crippen molar-refractivity contribution in [1.82, 2.24) is 24.1 Å². The summed E-state index contributed by atoms with van der Waals surface area (Å²) in [5.74, 6) is -1.39. The number of aryl methyl sites for hydroxylation is 1. The third-order valence-corrected chi connectivity index (χ3v) is 10.6. The lowest BCUT2D eigenvalue weighted by Crippen LogP contribution is -2.42. The molecule has 2 aromatic heterocycles. The summed E-state index contributed by atoms with van der Waals surface area (Å²) < 4.78 is 44.3. The Morgan fingerprint density at radius 1 is 1.16 bits per heavy atom. The SMILES string of the molecule is Cn1c(=O)n(C2C[C@](C)(COP(=O)(O)CP(=O)(O)O)C(O)C2O)cc/c1=N/OCc1ccc(-c2cn(CCF)nn2)cc1. The topological polar surface area (TPSA) is 224 Å². The van der Waals surface area contributed by atoms with E-state index in [1.165, 1.54) is 40.1 Å². The number of halogens is 1. The van der Waals surface area contributed by atoms with Crippen LogP contribution in [0.25, 0.3) is 11.3 Å². The largest absolute Gasteiger partial charge is 0.390 e. The van der Waals surface area contributed by atoms with Crippen LogP contribution in [0.5, 0.6) is 0 Å². The molecule has 236 valence electrons. The minimum atomic E-state index is -4.85. The summed E-state index contributed by atoms with van der Waals surface area (Å²) in [7, 11) is -8.10. The van der Waals surface area contributed by atoms with Crippen LogP contribution in [0.15, 0.2) is 52.7 Å². The van der Waals surface area contributed by atoms with Gasteiger partial charge in [-0.2, -0.15) is 0 Å². The maximum absolute atomic E-state index is 13.1. The number of rotatable bonds is 12. The van der Waals surface area contributed by atoms with Crippen molar-refractivity contribution >= 4 is 15.2 Å². The highest BCUT2D eigenvalue weighted by Crippen LogP contribution is 2.57. The van der Waals surface area contributed by atoms with Crippen molar-refractivity contribution in [3.63, 3.8) is 0 Å². The van der Waals surface area contributed by atoms with Crippen molar-refractivity contribution in [2.45, 2.75) is 44.7 Å². The van der Waals surface area contributed by atoms with E-state index in [1.807, 2.05) is 0 Å². The summed E-state index contributed by atoms with van der Waals surface area (Å²) >= 11 is 0. The van der Waals surface area contributed by atoms with Gasteiger partial charge in [-0.1, -0.05) is 41.6 Å². The predicted octanol–water partition coefficient (Wildman–Crippen LogP) is 0.457. The fraction of sp³-hybridized carbons (Fsp3) is 0.500. The first-order chi connectivity index (χ1) is 20.1. The zero-order valence-electron chi connectivity index (χ0n) is 23.2. The summed E-state index contributed by atoms with van der Waals surface area (Å²) in [5, 5.41) is 33.3. The minimum absolute atomic E-state index is 0.0553. The van der Waals surface area contributed by atoms with E-state index in [0.29, 0.717) is 5.69 Å². The molecule has 3 aromatic rings. The van der Waals surface area contributed by atoms with E-state index in [9.17, 15) is 33.4 Å². The average molecular weight is 647 g/mol. The van der Waals surface area contributed by atoms with Crippen LogP contribution in [0, 0.1) is 5.41 Å². The van der Waals surface area contributed by atoms with Gasteiger partial charge in [-0.25, -0.2) is 13.9 Å². The molecule has 1 aliphatic rings. The van der Waals surface area contributed by atoms with E-state index >= 15 is 0 Å². The summed E-state index contributed by atoms with van der Waals surface area (Å²) in [6.45, 7) is 0.527. The molecule has 1 fully saturated rings. The second-order valence-corrected chi connectivity index (χ2v) is 14.6. The van der Waals surface area contributed by atoms with Crippen molar-refractivity contribution in [2.75, 3.05) is 19.2 Å². The normalized spacial score (nSPS) is 24.3. The Labute approximate surface area is 244 Å². The Bertz CT molecular complexity index is 1650. The molecule has 43 heavy (non-hydrogen) atoms. The number of nitrogens with zero attached hydrogens (tertiary/aromatic N) is 6. The van der Waals surface area contributed by atoms with Crippen LogP contribution in [-0.4, -0.2) is 80.4 Å². The average Bonchev–Trinajstić information content (AvgIpc) is 3.48. The molecule has 0 radical (unpaired) electrons. The van der Waals surface area contributed by atoms with E-state index in [4.69, 9.17) is 19.1 Å². The van der Waals surface area contributed by atoms with Gasteiger partial charge in [0.15, 0.2) is 11.4 Å². The molecular weight excluding hydrogens is 613 g/mol. The van der Waals surface area contributed by atoms with Crippen LogP contribution >= 0.6 is 15.2 Å². The number of aliphatic hydroxyl groups excluding tert-OH is 2. The van der Waals surface area contributed by atoms with Crippen molar-refractivity contribution in [3.05, 3.63) is 64.3 Å². The number of hydrogen-bond acceptors (Lipinski definition) is 10. The molecule has 19 heteroatoms. The number of alkyl halides is 1. The van der Waals surface area contributed by atoms with Crippen molar-refractivity contribution in [1.29, 1.82) is 0 Å². The standard InChI is InChI=1S/C24H33FN6O10P2/c1-24(14-41-43(38,39)15-42(35,36)37)11-19(21(32)22(24)33)31-9-7-20(29(2)23(31)34)27-40-13-16-3-5-17(6-4-16)18-12-30(10-8-25)28-26-18/h3-7,9,12,19,21-22,32-33H,8,10-11,13-15H2,1-2H3,(H,38,39)(H2,35,36,37)/b27-20-/t19?,21?,22?,24-/m1/s1. The molecule has 0 aliphatic heterocycles. The Kier molecular flexibility index (Phi) is 9.89. The van der Waals surface area contributed by atoms with Gasteiger partial charge in [-0.3, -0.25) is 18.3 Å². The number of benzene rings is 1. The van der Waals surface area contributed by atoms with Gasteiger partial charge in [0.25, 0.3) is 0 Å². The smallest absolute Gasteiger partial charge is 0.340 e. The molecule has 0 bridgehead atoms. The summed E-state index contributed by atoms with van der Waals surface area (Å²) in [6, 6.07) is 7.73. The molecule has 16 nitrogen and oxygen atoms in total. The van der Waals surface area contributed by atoms with Gasteiger partial charge in [0.2, 0.25) is 0 Å². The molecule has 4 rings (SSSR count). The summed E-state index contributed by atoms with van der Waals surface area (Å²) in [4.78, 5) is 46.3. The van der Waals surface area contributed by atoms with Crippen LogP contribution in [-0.2, 0) is 38.7 Å². The fourth-order valence-electron chi connectivity index (χ4n) is 4.78. The Morgan fingerprint density at radius 2 is 1.86 bits per heavy atom. The molecule has 5 N–H and O–H groups in total. The van der Waals surface area contributed by atoms with Gasteiger partial charge in [0.1, 0.15) is 25.1 Å². The molecule has 0 spiro atoms. The molecule has 1 aliphatic carbocycles. The first-order valence-corrected chi connectivity index (χ1v) is 16.6. The van der Waals surface area contributed by atoms with Gasteiger partial charge < -0.3 is 34.3 Å². The van der Waals surface area contributed by atoms with E-state index in [0.717, 1.165) is 11.1 Å². The lowest BCUT2D eigenvalue weighted by Gasteiger charge is -2.29. The predicted molar refractivity (Wildman–Crippen MR) is 148 cm³/mol. The third kappa shape index (κ3) is 7.94. The number of aliphatic hydroxyl groups is 2. The van der Waals surface area contributed by atoms with Crippen LogP contribution in [0.3, 0.4) is 0 Å². The number of hydrogen-bond donors (Lipinski definition) is 5. The fourth-order valence-corrected chi connectivity index (χ4v) is 7.47. The number of aromatic nitrogens is 5. The van der Waals surface area contributed by atoms with Gasteiger partial charge in [0, 0.05) is 30.3 Å². The van der Waals surface area contributed by atoms with Gasteiger partial charge >= 0.3 is 20.9 Å². The highest BCUT2D eigenvalue weighted by atomic mass is 31.2. The second-order valence-electron chi connectivity index (χ2n) is 10.6. The molecule has 1 saturated carbocycles. The Morgan fingerprint density at radius 3 is 2.51 bits per heavy atom. The van der Waals surface area contributed by atoms with Crippen molar-refractivity contribution < 1.29 is 47.8 Å². The maximum Gasteiger partial charge on any atom is 0.340 e. The highest BCUT2D eigenvalue weighted by Gasteiger charge is 2.52. The zero-order chi connectivity index (χ0) is 31.6.